The van der Waals surface area contributed by atoms with Crippen molar-refractivity contribution in [2.75, 3.05) is 0 Å². The number of carboxylic acid groups (broad SMARTS) is 1. The molecule has 0 saturated carbocycles. The van der Waals surface area contributed by atoms with Gasteiger partial charge in [0, 0.05) is 0 Å². The van der Waals surface area contributed by atoms with Crippen LogP contribution in [-0.4, -0.2) is 11.1 Å². The summed E-state index contributed by atoms with van der Waals surface area (Å²) < 4.78 is 0. The first kappa shape index (κ1) is 23.5. The van der Waals surface area contributed by atoms with E-state index in [9.17, 15) is 4.79 Å². The highest BCUT2D eigenvalue weighted by Gasteiger charge is 2.13. The predicted molar refractivity (Wildman–Crippen MR) is 90.3 cm³/mol. The van der Waals surface area contributed by atoms with Crippen molar-refractivity contribution < 1.29 is 9.90 Å². The van der Waals surface area contributed by atoms with Gasteiger partial charge in [0.05, 0.1) is 6.42 Å². The van der Waals surface area contributed by atoms with Gasteiger partial charge in [0.1, 0.15) is 0 Å². The van der Waals surface area contributed by atoms with Gasteiger partial charge in [-0.3, -0.25) is 4.79 Å². The lowest BCUT2D eigenvalue weighted by Gasteiger charge is -2.12. The molecule has 0 fully saturated rings. The Morgan fingerprint density at radius 2 is 1.55 bits per heavy atom. The van der Waals surface area contributed by atoms with Crippen LogP contribution >= 0.6 is 0 Å². The monoisotopic (exact) mass is 280 g/mol. The molecule has 0 aromatic heterocycles. The van der Waals surface area contributed by atoms with Crippen molar-refractivity contribution in [1.82, 2.24) is 0 Å². The van der Waals surface area contributed by atoms with Crippen LogP contribution in [0.1, 0.15) is 65.9 Å². The molecule has 0 aliphatic heterocycles. The Bertz CT molecular complexity index is 304. The van der Waals surface area contributed by atoms with Crippen molar-refractivity contribution in [1.29, 1.82) is 0 Å². The van der Waals surface area contributed by atoms with E-state index >= 15 is 0 Å². The zero-order valence-electron chi connectivity index (χ0n) is 14.0. The maximum atomic E-state index is 10.6. The predicted octanol–water partition coefficient (Wildman–Crippen LogP) is 5.90. The molecule has 0 radical (unpaired) electrons. The number of carboxylic acids is 1. The molecule has 0 bridgehead atoms. The standard InChI is InChI=1S/C12H14O2.3C2H6/c1-2-6-11(9-12(13)14)10-7-4-3-5-8-10;3*1-2/h2-5,7-8,11H,1,6,9H2,(H,13,14);3*1-2H3. The Morgan fingerprint density at radius 3 is 1.90 bits per heavy atom. The molecule has 0 spiro atoms. The summed E-state index contributed by atoms with van der Waals surface area (Å²) in [5.41, 5.74) is 1.06. The molecule has 0 saturated heterocycles. The molecule has 1 unspecified atom stereocenters. The number of aliphatic carboxylic acids is 1. The number of hydrogen-bond acceptors (Lipinski definition) is 1. The zero-order chi connectivity index (χ0) is 16.4. The molecule has 1 atom stereocenters. The van der Waals surface area contributed by atoms with Gasteiger partial charge < -0.3 is 5.11 Å². The third-order valence-corrected chi connectivity index (χ3v) is 2.14. The molecule has 0 aliphatic rings. The maximum Gasteiger partial charge on any atom is 0.303 e. The van der Waals surface area contributed by atoms with E-state index in [-0.39, 0.29) is 12.3 Å². The van der Waals surface area contributed by atoms with E-state index < -0.39 is 5.97 Å². The fraction of sp³-hybridized carbons (Fsp3) is 0.500. The van der Waals surface area contributed by atoms with Crippen molar-refractivity contribution >= 4 is 5.97 Å². The summed E-state index contributed by atoms with van der Waals surface area (Å²) in [6.07, 6.45) is 2.63. The Morgan fingerprint density at radius 1 is 1.10 bits per heavy atom. The molecule has 0 amide bonds. The second-order valence-electron chi connectivity index (χ2n) is 3.23. The lowest BCUT2D eigenvalue weighted by Crippen LogP contribution is -2.05. The Hall–Kier alpha value is -1.57. The first-order chi connectivity index (χ1) is 9.74. The zero-order valence-corrected chi connectivity index (χ0v) is 14.0. The molecule has 116 valence electrons. The fourth-order valence-electron chi connectivity index (χ4n) is 1.47. The lowest BCUT2D eigenvalue weighted by molar-refractivity contribution is -0.137. The molecular weight excluding hydrogens is 248 g/mol. The second-order valence-corrected chi connectivity index (χ2v) is 3.23. The minimum atomic E-state index is -0.763. The lowest BCUT2D eigenvalue weighted by atomic mass is 9.93. The van der Waals surface area contributed by atoms with Crippen LogP contribution in [0.3, 0.4) is 0 Å². The molecule has 1 aromatic rings. The van der Waals surface area contributed by atoms with E-state index in [4.69, 9.17) is 5.11 Å². The van der Waals surface area contributed by atoms with Crippen LogP contribution in [0.25, 0.3) is 0 Å². The molecule has 20 heavy (non-hydrogen) atoms. The molecule has 1 N–H and O–H groups in total. The highest BCUT2D eigenvalue weighted by Crippen LogP contribution is 2.23. The van der Waals surface area contributed by atoms with E-state index in [2.05, 4.69) is 6.58 Å². The topological polar surface area (TPSA) is 37.3 Å². The van der Waals surface area contributed by atoms with E-state index in [0.29, 0.717) is 6.42 Å². The van der Waals surface area contributed by atoms with Crippen LogP contribution in [-0.2, 0) is 4.79 Å². The normalized spacial score (nSPS) is 9.30. The number of allylic oxidation sites excluding steroid dienone is 1. The maximum absolute atomic E-state index is 10.6. The van der Waals surface area contributed by atoms with Gasteiger partial charge in [0.25, 0.3) is 0 Å². The summed E-state index contributed by atoms with van der Waals surface area (Å²) in [5, 5.41) is 8.74. The Balaban J connectivity index is -0.000000425. The smallest absolute Gasteiger partial charge is 0.303 e. The van der Waals surface area contributed by atoms with Crippen LogP contribution in [0.4, 0.5) is 0 Å². The summed E-state index contributed by atoms with van der Waals surface area (Å²) in [5.74, 6) is -0.716. The Labute approximate surface area is 125 Å². The minimum absolute atomic E-state index is 0.0474. The van der Waals surface area contributed by atoms with E-state index in [1.54, 1.807) is 6.08 Å². The van der Waals surface area contributed by atoms with Crippen molar-refractivity contribution in [3.8, 4) is 0 Å². The van der Waals surface area contributed by atoms with Gasteiger partial charge >= 0.3 is 5.97 Å². The average molecular weight is 280 g/mol. The summed E-state index contributed by atoms with van der Waals surface area (Å²) >= 11 is 0. The molecule has 0 heterocycles. The van der Waals surface area contributed by atoms with Gasteiger partial charge in [-0.05, 0) is 17.9 Å². The third-order valence-electron chi connectivity index (χ3n) is 2.14. The van der Waals surface area contributed by atoms with E-state index in [1.165, 1.54) is 0 Å². The van der Waals surface area contributed by atoms with Crippen LogP contribution in [0, 0.1) is 0 Å². The van der Waals surface area contributed by atoms with Gasteiger partial charge in [0.2, 0.25) is 0 Å². The largest absolute Gasteiger partial charge is 0.481 e. The number of benzene rings is 1. The van der Waals surface area contributed by atoms with Crippen molar-refractivity contribution in [2.45, 2.75) is 60.3 Å². The molecule has 1 rings (SSSR count). The third kappa shape index (κ3) is 12.9. The number of rotatable bonds is 5. The van der Waals surface area contributed by atoms with Gasteiger partial charge in [-0.1, -0.05) is 78.0 Å². The molecule has 0 aliphatic carbocycles. The summed E-state index contributed by atoms with van der Waals surface area (Å²) in [6.45, 7) is 15.6. The molecule has 2 nitrogen and oxygen atoms in total. The van der Waals surface area contributed by atoms with Crippen molar-refractivity contribution in [2.24, 2.45) is 0 Å². The molecule has 1 aromatic carbocycles. The summed E-state index contributed by atoms with van der Waals surface area (Å²) in [7, 11) is 0. The van der Waals surface area contributed by atoms with E-state index in [1.807, 2.05) is 71.9 Å². The minimum Gasteiger partial charge on any atom is -0.481 e. The average Bonchev–Trinajstić information content (AvgIpc) is 2.53. The Kier molecular flexibility index (Phi) is 23.2. The summed E-state index contributed by atoms with van der Waals surface area (Å²) in [4.78, 5) is 10.6. The van der Waals surface area contributed by atoms with Crippen LogP contribution < -0.4 is 0 Å². The van der Waals surface area contributed by atoms with Crippen LogP contribution in [0.5, 0.6) is 0 Å². The number of carbonyl (C=O) groups is 1. The van der Waals surface area contributed by atoms with Crippen molar-refractivity contribution in [3.05, 3.63) is 48.6 Å². The van der Waals surface area contributed by atoms with Crippen molar-refractivity contribution in [3.63, 3.8) is 0 Å². The van der Waals surface area contributed by atoms with Gasteiger partial charge in [0.15, 0.2) is 0 Å². The van der Waals surface area contributed by atoms with Gasteiger partial charge in [-0.2, -0.15) is 0 Å². The van der Waals surface area contributed by atoms with Gasteiger partial charge in [-0.25, -0.2) is 0 Å². The highest BCUT2D eigenvalue weighted by molar-refractivity contribution is 5.68. The second kappa shape index (κ2) is 19.8. The SMILES string of the molecule is C=CCC(CC(=O)O)c1ccccc1.CC.CC.CC. The quantitative estimate of drug-likeness (QED) is 0.682. The van der Waals surface area contributed by atoms with Crippen LogP contribution in [0.2, 0.25) is 0 Å². The van der Waals surface area contributed by atoms with E-state index in [0.717, 1.165) is 5.56 Å². The van der Waals surface area contributed by atoms with Gasteiger partial charge in [-0.15, -0.1) is 6.58 Å². The first-order valence-electron chi connectivity index (χ1n) is 7.61. The highest BCUT2D eigenvalue weighted by atomic mass is 16.4. The summed E-state index contributed by atoms with van der Waals surface area (Å²) in [6, 6.07) is 9.68. The molecular formula is C18H32O2. The first-order valence-corrected chi connectivity index (χ1v) is 7.61. The fourth-order valence-corrected chi connectivity index (χ4v) is 1.47. The van der Waals surface area contributed by atoms with Crippen LogP contribution in [0.15, 0.2) is 43.0 Å². The number of hydrogen-bond donors (Lipinski definition) is 1. The molecule has 2 heteroatoms.